The second kappa shape index (κ2) is 13.9. The Balaban J connectivity index is 1.87. The first-order valence-corrected chi connectivity index (χ1v) is 14.7. The number of halogens is 4. The number of anilines is 2. The molecule has 0 bridgehead atoms. The summed E-state index contributed by atoms with van der Waals surface area (Å²) in [6.07, 6.45) is -2.32. The molecule has 3 rings (SSSR count). The van der Waals surface area contributed by atoms with Crippen molar-refractivity contribution in [1.82, 2.24) is 9.97 Å². The number of hydrogen-bond donors (Lipinski definition) is 2. The zero-order valence-electron chi connectivity index (χ0n) is 22.1. The average molecular weight is 661 g/mol. The normalized spacial score (nSPS) is 11.7. The van der Waals surface area contributed by atoms with Crippen molar-refractivity contribution < 1.29 is 40.7 Å². The number of aromatic nitrogens is 2. The number of aromatic amines is 1. The monoisotopic (exact) mass is 660 g/mol. The Morgan fingerprint density at radius 1 is 1.10 bits per heavy atom. The lowest BCUT2D eigenvalue weighted by atomic mass is 10.2. The van der Waals surface area contributed by atoms with Crippen molar-refractivity contribution in [3.05, 3.63) is 64.7 Å². The molecule has 0 radical (unpaired) electrons. The summed E-state index contributed by atoms with van der Waals surface area (Å²) in [6.45, 7) is 2.07. The van der Waals surface area contributed by atoms with E-state index >= 15 is 0 Å². The summed E-state index contributed by atoms with van der Waals surface area (Å²) in [5, 5.41) is 2.39. The molecule has 0 unspecified atom stereocenters. The molecule has 0 spiro atoms. The van der Waals surface area contributed by atoms with Crippen molar-refractivity contribution in [2.75, 3.05) is 29.9 Å². The van der Waals surface area contributed by atoms with Gasteiger partial charge in [0.15, 0.2) is 0 Å². The number of sulfonamides is 1. The van der Waals surface area contributed by atoms with Gasteiger partial charge in [-0.25, -0.2) is 13.4 Å². The minimum absolute atomic E-state index is 0.00252. The van der Waals surface area contributed by atoms with Gasteiger partial charge < -0.3 is 19.8 Å². The van der Waals surface area contributed by atoms with Gasteiger partial charge in [-0.2, -0.15) is 13.2 Å². The summed E-state index contributed by atoms with van der Waals surface area (Å²) in [6, 6.07) is 10.5. The molecule has 10 nitrogen and oxygen atoms in total. The van der Waals surface area contributed by atoms with Crippen LogP contribution in [-0.2, 0) is 25.7 Å². The van der Waals surface area contributed by atoms with Crippen LogP contribution >= 0.6 is 15.9 Å². The van der Waals surface area contributed by atoms with Gasteiger partial charge in [0.25, 0.3) is 15.9 Å². The quantitative estimate of drug-likeness (QED) is 0.176. The van der Waals surface area contributed by atoms with Gasteiger partial charge in [0, 0.05) is 23.1 Å². The van der Waals surface area contributed by atoms with E-state index in [-0.39, 0.29) is 41.9 Å². The number of methoxy groups -OCH3 is 1. The van der Waals surface area contributed by atoms with E-state index in [1.165, 1.54) is 29.6 Å². The molecule has 2 N–H and O–H groups in total. The van der Waals surface area contributed by atoms with Crippen LogP contribution in [0.3, 0.4) is 0 Å². The van der Waals surface area contributed by atoms with Crippen molar-refractivity contribution in [2.24, 2.45) is 0 Å². The van der Waals surface area contributed by atoms with Crippen LogP contribution in [0.15, 0.2) is 58.0 Å². The van der Waals surface area contributed by atoms with Gasteiger partial charge in [0.1, 0.15) is 16.3 Å². The van der Waals surface area contributed by atoms with Gasteiger partial charge in [-0.05, 0) is 62.2 Å². The summed E-state index contributed by atoms with van der Waals surface area (Å²) in [5.74, 6) is -2.62. The second-order valence-electron chi connectivity index (χ2n) is 8.63. The highest BCUT2D eigenvalue weighted by Gasteiger charge is 2.35. The smallest absolute Gasteiger partial charge is 0.449 e. The maximum absolute atomic E-state index is 14.0. The van der Waals surface area contributed by atoms with E-state index in [9.17, 15) is 31.2 Å². The van der Waals surface area contributed by atoms with E-state index in [0.717, 1.165) is 10.7 Å². The maximum atomic E-state index is 14.0. The number of alkyl halides is 3. The summed E-state index contributed by atoms with van der Waals surface area (Å²) >= 11 is 3.33. The van der Waals surface area contributed by atoms with E-state index in [1.807, 2.05) is 4.98 Å². The van der Waals surface area contributed by atoms with Gasteiger partial charge in [-0.1, -0.05) is 22.4 Å². The molecule has 222 valence electrons. The Hall–Kier alpha value is -3.59. The molecule has 1 aromatic heterocycles. The highest BCUT2D eigenvalue weighted by Crippen LogP contribution is 2.33. The number of H-pyrrole nitrogens is 1. The lowest BCUT2D eigenvalue weighted by Gasteiger charge is -2.26. The Bertz CT molecular complexity index is 1460. The maximum Gasteiger partial charge on any atom is 0.449 e. The third-order valence-corrected chi connectivity index (χ3v) is 8.12. The second-order valence-corrected chi connectivity index (χ2v) is 11.4. The van der Waals surface area contributed by atoms with Gasteiger partial charge in [-0.15, -0.1) is 0 Å². The Labute approximate surface area is 243 Å². The van der Waals surface area contributed by atoms with Crippen molar-refractivity contribution in [2.45, 2.75) is 43.7 Å². The van der Waals surface area contributed by atoms with Crippen LogP contribution in [0.4, 0.5) is 24.5 Å². The average Bonchev–Trinajstić information content (AvgIpc) is 3.43. The first-order chi connectivity index (χ1) is 19.4. The molecule has 2 aromatic carbocycles. The van der Waals surface area contributed by atoms with Crippen LogP contribution in [-0.4, -0.2) is 50.5 Å². The number of rotatable bonds is 13. The van der Waals surface area contributed by atoms with E-state index < -0.39 is 33.6 Å². The zero-order chi connectivity index (χ0) is 30.2. The third kappa shape index (κ3) is 8.45. The molecule has 0 fully saturated rings. The SMILES string of the molecule is CCOC(=O)CCCCCN(c1ccc(Br)cc1)S(=O)(=O)c1cc(NC(=O)c2cnc(C(F)(F)F)[nH]2)ccc1OC. The molecule has 1 heterocycles. The number of amides is 1. The molecule has 0 aliphatic rings. The molecular formula is C26H28BrF3N4O6S. The molecule has 0 saturated carbocycles. The van der Waals surface area contributed by atoms with Crippen LogP contribution in [0.25, 0.3) is 0 Å². The lowest BCUT2D eigenvalue weighted by molar-refractivity contribution is -0.144. The Kier molecular flexibility index (Phi) is 10.8. The molecule has 0 aliphatic carbocycles. The number of carbonyl (C=O) groups excluding carboxylic acids is 2. The molecular weight excluding hydrogens is 633 g/mol. The molecule has 1 amide bonds. The van der Waals surface area contributed by atoms with Crippen LogP contribution < -0.4 is 14.4 Å². The van der Waals surface area contributed by atoms with Crippen molar-refractivity contribution in [3.63, 3.8) is 0 Å². The standard InChI is InChI=1S/C26H28BrF3N4O6S/c1-3-40-23(35)7-5-4-6-14-34(19-11-8-17(27)9-12-19)41(37,38)22-15-18(10-13-21(22)39-2)32-24(36)20-16-31-25(33-20)26(28,29)30/h8-13,15-16H,3-7,14H2,1-2H3,(H,31,33)(H,32,36). The van der Waals surface area contributed by atoms with E-state index in [2.05, 4.69) is 26.2 Å². The first kappa shape index (κ1) is 31.9. The third-order valence-electron chi connectivity index (χ3n) is 5.74. The summed E-state index contributed by atoms with van der Waals surface area (Å²) < 4.78 is 78.7. The fraction of sp³-hybridized carbons (Fsp3) is 0.346. The first-order valence-electron chi connectivity index (χ1n) is 12.4. The minimum Gasteiger partial charge on any atom is -0.495 e. The number of ether oxygens (including phenoxy) is 2. The highest BCUT2D eigenvalue weighted by atomic mass is 79.9. The Morgan fingerprint density at radius 3 is 2.41 bits per heavy atom. The highest BCUT2D eigenvalue weighted by molar-refractivity contribution is 9.10. The van der Waals surface area contributed by atoms with Crippen molar-refractivity contribution >= 4 is 49.2 Å². The number of nitrogens with one attached hydrogen (secondary N) is 2. The van der Waals surface area contributed by atoms with Gasteiger partial charge in [0.05, 0.1) is 25.6 Å². The van der Waals surface area contributed by atoms with Crippen molar-refractivity contribution in [3.8, 4) is 5.75 Å². The summed E-state index contributed by atoms with van der Waals surface area (Å²) in [7, 11) is -2.99. The number of unbranched alkanes of at least 4 members (excludes halogenated alkanes) is 2. The topological polar surface area (TPSA) is 131 Å². The van der Waals surface area contributed by atoms with Crippen LogP contribution in [0.1, 0.15) is 48.9 Å². The summed E-state index contributed by atoms with van der Waals surface area (Å²) in [5.41, 5.74) is -0.0909. The number of benzene rings is 2. The largest absolute Gasteiger partial charge is 0.495 e. The van der Waals surface area contributed by atoms with E-state index in [0.29, 0.717) is 24.9 Å². The predicted octanol–water partition coefficient (Wildman–Crippen LogP) is 5.77. The van der Waals surface area contributed by atoms with Crippen LogP contribution in [0.2, 0.25) is 0 Å². The van der Waals surface area contributed by atoms with Gasteiger partial charge >= 0.3 is 12.1 Å². The molecule has 0 atom stereocenters. The number of carbonyl (C=O) groups is 2. The number of imidazole rings is 1. The number of esters is 1. The van der Waals surface area contributed by atoms with Crippen LogP contribution in [0.5, 0.6) is 5.75 Å². The molecule has 0 saturated heterocycles. The molecule has 3 aromatic rings. The molecule has 41 heavy (non-hydrogen) atoms. The van der Waals surface area contributed by atoms with Gasteiger partial charge in [-0.3, -0.25) is 13.9 Å². The fourth-order valence-electron chi connectivity index (χ4n) is 3.78. The zero-order valence-corrected chi connectivity index (χ0v) is 24.5. The predicted molar refractivity (Wildman–Crippen MR) is 148 cm³/mol. The lowest BCUT2D eigenvalue weighted by Crippen LogP contribution is -2.32. The molecule has 0 aliphatic heterocycles. The fourth-order valence-corrected chi connectivity index (χ4v) is 5.74. The minimum atomic E-state index is -4.77. The van der Waals surface area contributed by atoms with E-state index in [1.54, 1.807) is 31.2 Å². The van der Waals surface area contributed by atoms with Crippen molar-refractivity contribution in [1.29, 1.82) is 0 Å². The Morgan fingerprint density at radius 2 is 1.80 bits per heavy atom. The number of nitrogens with zero attached hydrogens (tertiary/aromatic N) is 2. The molecule has 15 heteroatoms. The van der Waals surface area contributed by atoms with E-state index in [4.69, 9.17) is 9.47 Å². The van der Waals surface area contributed by atoms with Crippen LogP contribution in [0, 0.1) is 0 Å². The number of hydrogen-bond acceptors (Lipinski definition) is 7. The summed E-state index contributed by atoms with van der Waals surface area (Å²) in [4.78, 5) is 29.0. The van der Waals surface area contributed by atoms with Gasteiger partial charge in [0.2, 0.25) is 5.82 Å².